The second-order valence-corrected chi connectivity index (χ2v) is 6.83. The van der Waals surface area contributed by atoms with Gasteiger partial charge in [-0.2, -0.15) is 0 Å². The van der Waals surface area contributed by atoms with E-state index in [1.165, 1.54) is 11.6 Å². The molecule has 0 radical (unpaired) electrons. The molecule has 0 aromatic heterocycles. The van der Waals surface area contributed by atoms with Crippen molar-refractivity contribution >= 4 is 23.4 Å². The third-order valence-electron chi connectivity index (χ3n) is 4.57. The molecule has 0 unspecified atom stereocenters. The highest BCUT2D eigenvalue weighted by molar-refractivity contribution is 6.31. The summed E-state index contributed by atoms with van der Waals surface area (Å²) in [6, 6.07) is 14.9. The Balaban J connectivity index is 1.49. The highest BCUT2D eigenvalue weighted by Crippen LogP contribution is 2.23. The molecule has 6 heteroatoms. The van der Waals surface area contributed by atoms with E-state index in [9.17, 15) is 10.1 Å². The predicted octanol–water partition coefficient (Wildman–Crippen LogP) is 4.08. The van der Waals surface area contributed by atoms with Crippen molar-refractivity contribution in [3.05, 3.63) is 80.9 Å². The Labute approximate surface area is 158 Å². The Morgan fingerprint density at radius 3 is 2.42 bits per heavy atom. The first kappa shape index (κ1) is 18.6. The molecular weight excluding hydrogens is 350 g/mol. The van der Waals surface area contributed by atoms with Gasteiger partial charge in [-0.25, -0.2) is 0 Å². The predicted molar refractivity (Wildman–Crippen MR) is 105 cm³/mol. The van der Waals surface area contributed by atoms with Crippen LogP contribution in [0.5, 0.6) is 0 Å². The molecule has 1 heterocycles. The average Bonchev–Trinajstić information content (AvgIpc) is 2.65. The number of non-ortho nitro benzene ring substituents is 1. The average molecular weight is 372 g/mol. The van der Waals surface area contributed by atoms with Gasteiger partial charge in [0.2, 0.25) is 0 Å². The summed E-state index contributed by atoms with van der Waals surface area (Å²) in [6.45, 7) is 5.39. The summed E-state index contributed by atoms with van der Waals surface area (Å²) >= 11 is 6.21. The zero-order valence-electron chi connectivity index (χ0n) is 14.6. The molecule has 2 aromatic carbocycles. The van der Waals surface area contributed by atoms with Crippen molar-refractivity contribution < 1.29 is 4.92 Å². The molecule has 1 saturated heterocycles. The summed E-state index contributed by atoms with van der Waals surface area (Å²) < 4.78 is 0. The van der Waals surface area contributed by atoms with Crippen molar-refractivity contribution in [3.63, 3.8) is 0 Å². The standard InChI is InChI=1S/C20H22ClN3O2/c21-20-9-8-19(24(25)26)15-18(20)16-23-13-11-22(12-14-23)10-4-7-17-5-2-1-3-6-17/h1-9,15H,10-14,16H2. The van der Waals surface area contributed by atoms with E-state index in [2.05, 4.69) is 34.1 Å². The lowest BCUT2D eigenvalue weighted by Gasteiger charge is -2.34. The highest BCUT2D eigenvalue weighted by atomic mass is 35.5. The maximum absolute atomic E-state index is 10.9. The van der Waals surface area contributed by atoms with Gasteiger partial charge in [0.25, 0.3) is 5.69 Å². The van der Waals surface area contributed by atoms with Crippen molar-refractivity contribution in [3.8, 4) is 0 Å². The number of benzene rings is 2. The van der Waals surface area contributed by atoms with Crippen LogP contribution in [-0.4, -0.2) is 47.4 Å². The van der Waals surface area contributed by atoms with Crippen LogP contribution in [0.3, 0.4) is 0 Å². The maximum atomic E-state index is 10.9. The van der Waals surface area contributed by atoms with Gasteiger partial charge in [0.1, 0.15) is 0 Å². The van der Waals surface area contributed by atoms with Crippen molar-refractivity contribution in [2.24, 2.45) is 0 Å². The number of hydrogen-bond donors (Lipinski definition) is 0. The Morgan fingerprint density at radius 2 is 1.73 bits per heavy atom. The molecule has 1 aliphatic heterocycles. The van der Waals surface area contributed by atoms with Gasteiger partial charge in [0.05, 0.1) is 4.92 Å². The number of rotatable bonds is 6. The summed E-state index contributed by atoms with van der Waals surface area (Å²) in [4.78, 5) is 15.3. The van der Waals surface area contributed by atoms with Crippen LogP contribution in [-0.2, 0) is 6.54 Å². The normalized spacial score (nSPS) is 16.2. The molecule has 0 saturated carbocycles. The van der Waals surface area contributed by atoms with Crippen LogP contribution >= 0.6 is 11.6 Å². The third-order valence-corrected chi connectivity index (χ3v) is 4.94. The van der Waals surface area contributed by atoms with Crippen LogP contribution in [0.15, 0.2) is 54.6 Å². The van der Waals surface area contributed by atoms with Crippen molar-refractivity contribution in [2.75, 3.05) is 32.7 Å². The Bertz CT molecular complexity index is 772. The number of nitro groups is 1. The topological polar surface area (TPSA) is 49.6 Å². The minimum absolute atomic E-state index is 0.0917. The Morgan fingerprint density at radius 1 is 1.04 bits per heavy atom. The first-order valence-electron chi connectivity index (χ1n) is 8.71. The van der Waals surface area contributed by atoms with E-state index in [-0.39, 0.29) is 10.6 Å². The summed E-state index contributed by atoms with van der Waals surface area (Å²) in [6.07, 6.45) is 4.34. The van der Waals surface area contributed by atoms with E-state index in [0.717, 1.165) is 38.3 Å². The molecule has 0 spiro atoms. The number of nitrogens with zero attached hydrogens (tertiary/aromatic N) is 3. The van der Waals surface area contributed by atoms with Gasteiger partial charge in [0, 0.05) is 56.4 Å². The molecule has 136 valence electrons. The summed E-state index contributed by atoms with van der Waals surface area (Å²) in [7, 11) is 0. The largest absolute Gasteiger partial charge is 0.297 e. The fraction of sp³-hybridized carbons (Fsp3) is 0.300. The lowest BCUT2D eigenvalue weighted by atomic mass is 10.1. The van der Waals surface area contributed by atoms with Crippen LogP contribution in [0.2, 0.25) is 5.02 Å². The molecule has 5 nitrogen and oxygen atoms in total. The first-order chi connectivity index (χ1) is 12.6. The maximum Gasteiger partial charge on any atom is 0.269 e. The van der Waals surface area contributed by atoms with Gasteiger partial charge in [0.15, 0.2) is 0 Å². The van der Waals surface area contributed by atoms with Gasteiger partial charge in [-0.3, -0.25) is 19.9 Å². The number of halogens is 1. The van der Waals surface area contributed by atoms with Crippen LogP contribution in [0.25, 0.3) is 6.08 Å². The van der Waals surface area contributed by atoms with Crippen molar-refractivity contribution in [1.29, 1.82) is 0 Å². The van der Waals surface area contributed by atoms with E-state index in [0.29, 0.717) is 11.6 Å². The smallest absolute Gasteiger partial charge is 0.269 e. The zero-order chi connectivity index (χ0) is 18.4. The minimum Gasteiger partial charge on any atom is -0.297 e. The first-order valence-corrected chi connectivity index (χ1v) is 9.09. The Kier molecular flexibility index (Phi) is 6.39. The lowest BCUT2D eigenvalue weighted by molar-refractivity contribution is -0.384. The molecule has 0 bridgehead atoms. The second-order valence-electron chi connectivity index (χ2n) is 6.42. The van der Waals surface area contributed by atoms with Crippen LogP contribution in [0.4, 0.5) is 5.69 Å². The molecule has 26 heavy (non-hydrogen) atoms. The number of nitro benzene ring substituents is 1. The van der Waals surface area contributed by atoms with E-state index in [1.54, 1.807) is 12.1 Å². The van der Waals surface area contributed by atoms with Gasteiger partial charge in [-0.15, -0.1) is 0 Å². The number of piperazine rings is 1. The molecule has 3 rings (SSSR count). The molecule has 0 amide bonds. The summed E-state index contributed by atoms with van der Waals surface area (Å²) in [5, 5.41) is 11.5. The molecule has 2 aromatic rings. The van der Waals surface area contributed by atoms with E-state index in [4.69, 9.17) is 11.6 Å². The Hall–Kier alpha value is -2.21. The SMILES string of the molecule is O=[N+]([O-])c1ccc(Cl)c(CN2CCN(CC=Cc3ccccc3)CC2)c1. The quantitative estimate of drug-likeness (QED) is 0.567. The molecule has 0 N–H and O–H groups in total. The van der Waals surface area contributed by atoms with E-state index < -0.39 is 0 Å². The fourth-order valence-corrected chi connectivity index (χ4v) is 3.25. The van der Waals surface area contributed by atoms with E-state index in [1.807, 2.05) is 18.2 Å². The summed E-state index contributed by atoms with van der Waals surface area (Å²) in [5.74, 6) is 0. The molecule has 0 aliphatic carbocycles. The fourth-order valence-electron chi connectivity index (χ4n) is 3.07. The molecule has 0 atom stereocenters. The second kappa shape index (κ2) is 8.94. The summed E-state index contributed by atoms with van der Waals surface area (Å²) in [5.41, 5.74) is 2.12. The van der Waals surface area contributed by atoms with Crippen molar-refractivity contribution in [2.45, 2.75) is 6.54 Å². The third kappa shape index (κ3) is 5.14. The highest BCUT2D eigenvalue weighted by Gasteiger charge is 2.18. The van der Waals surface area contributed by atoms with Crippen LogP contribution in [0, 0.1) is 10.1 Å². The molecule has 1 aliphatic rings. The molecular formula is C20H22ClN3O2. The van der Waals surface area contributed by atoms with Crippen LogP contribution in [0.1, 0.15) is 11.1 Å². The monoisotopic (exact) mass is 371 g/mol. The lowest BCUT2D eigenvalue weighted by Crippen LogP contribution is -2.45. The van der Waals surface area contributed by atoms with Gasteiger partial charge < -0.3 is 0 Å². The zero-order valence-corrected chi connectivity index (χ0v) is 15.3. The minimum atomic E-state index is -0.378. The van der Waals surface area contributed by atoms with Gasteiger partial charge in [-0.1, -0.05) is 54.1 Å². The van der Waals surface area contributed by atoms with E-state index >= 15 is 0 Å². The molecule has 1 fully saturated rings. The van der Waals surface area contributed by atoms with Gasteiger partial charge in [-0.05, 0) is 17.2 Å². The van der Waals surface area contributed by atoms with Crippen LogP contribution < -0.4 is 0 Å². The van der Waals surface area contributed by atoms with Crippen molar-refractivity contribution in [1.82, 2.24) is 9.80 Å². The van der Waals surface area contributed by atoms with Gasteiger partial charge >= 0.3 is 0 Å². The number of hydrogen-bond acceptors (Lipinski definition) is 4.